The Bertz CT molecular complexity index is 224. The maximum Gasteiger partial charge on any atom is 0.0771 e. The third kappa shape index (κ3) is 3.94. The molecule has 2 atom stereocenters. The van der Waals surface area contributed by atoms with Crippen molar-refractivity contribution in [2.45, 2.75) is 63.6 Å². The molecule has 17 heavy (non-hydrogen) atoms. The van der Waals surface area contributed by atoms with E-state index in [-0.39, 0.29) is 0 Å². The second-order valence-corrected chi connectivity index (χ2v) is 5.89. The first-order chi connectivity index (χ1) is 8.20. The molecule has 1 heterocycles. The van der Waals surface area contributed by atoms with Crippen LogP contribution in [0.1, 0.15) is 51.9 Å². The van der Waals surface area contributed by atoms with Crippen LogP contribution >= 0.6 is 0 Å². The lowest BCUT2D eigenvalue weighted by Gasteiger charge is -2.28. The number of nitrogens with one attached hydrogen (secondary N) is 1. The minimum absolute atomic E-state index is 0.381. The quantitative estimate of drug-likeness (QED) is 0.741. The second-order valence-electron chi connectivity index (χ2n) is 5.89. The van der Waals surface area contributed by atoms with E-state index in [0.29, 0.717) is 12.0 Å². The van der Waals surface area contributed by atoms with Crippen LogP contribution < -0.4 is 5.32 Å². The Morgan fingerprint density at radius 1 is 1.24 bits per heavy atom. The molecule has 0 aromatic heterocycles. The molecule has 0 aromatic rings. The summed E-state index contributed by atoms with van der Waals surface area (Å²) in [6, 6.07) is 0. The Morgan fingerprint density at radius 3 is 2.53 bits per heavy atom. The number of ether oxygens (including phenoxy) is 1. The minimum atomic E-state index is -0.445. The number of hydrogen-bond donors (Lipinski definition) is 2. The van der Waals surface area contributed by atoms with Crippen molar-refractivity contribution in [3.8, 4) is 0 Å². The first kappa shape index (κ1) is 13.3. The van der Waals surface area contributed by atoms with E-state index in [1.165, 1.54) is 25.7 Å². The summed E-state index contributed by atoms with van der Waals surface area (Å²) in [7, 11) is 0. The molecule has 3 nitrogen and oxygen atoms in total. The summed E-state index contributed by atoms with van der Waals surface area (Å²) in [5.74, 6) is 0.629. The third-order valence-corrected chi connectivity index (χ3v) is 4.43. The van der Waals surface area contributed by atoms with Gasteiger partial charge in [-0.3, -0.25) is 0 Å². The van der Waals surface area contributed by atoms with Crippen LogP contribution in [0.25, 0.3) is 0 Å². The second kappa shape index (κ2) is 6.17. The predicted octanol–water partition coefficient (Wildman–Crippen LogP) is 2.09. The summed E-state index contributed by atoms with van der Waals surface area (Å²) in [6.07, 6.45) is 8.42. The van der Waals surface area contributed by atoms with Crippen molar-refractivity contribution in [2.75, 3.05) is 19.7 Å². The number of hydrogen-bond acceptors (Lipinski definition) is 3. The standard InChI is InChI=1S/C14H27NO2/c1-12-13(6-9-17-12)10-15-11-14(16)7-4-2-3-5-8-14/h12-13,15-16H,2-11H2,1H3. The van der Waals surface area contributed by atoms with Gasteiger partial charge in [-0.1, -0.05) is 25.7 Å². The zero-order valence-corrected chi connectivity index (χ0v) is 11.1. The van der Waals surface area contributed by atoms with Gasteiger partial charge in [0, 0.05) is 19.7 Å². The third-order valence-electron chi connectivity index (χ3n) is 4.43. The van der Waals surface area contributed by atoms with Crippen LogP contribution in [0.15, 0.2) is 0 Å². The van der Waals surface area contributed by atoms with Crippen molar-refractivity contribution in [3.05, 3.63) is 0 Å². The Morgan fingerprint density at radius 2 is 1.94 bits per heavy atom. The normalized spacial score (nSPS) is 33.5. The number of aliphatic hydroxyl groups is 1. The molecule has 1 aliphatic carbocycles. The Hall–Kier alpha value is -0.120. The van der Waals surface area contributed by atoms with Gasteiger partial charge in [-0.25, -0.2) is 0 Å². The first-order valence-corrected chi connectivity index (χ1v) is 7.24. The topological polar surface area (TPSA) is 41.5 Å². The molecule has 2 N–H and O–H groups in total. The summed E-state index contributed by atoms with van der Waals surface area (Å²) >= 11 is 0. The summed E-state index contributed by atoms with van der Waals surface area (Å²) < 4.78 is 5.55. The SMILES string of the molecule is CC1OCCC1CNCC1(O)CCCCCC1. The molecule has 2 unspecified atom stereocenters. The zero-order valence-electron chi connectivity index (χ0n) is 11.1. The van der Waals surface area contributed by atoms with E-state index in [9.17, 15) is 5.11 Å². The van der Waals surface area contributed by atoms with Crippen molar-refractivity contribution in [2.24, 2.45) is 5.92 Å². The molecule has 2 rings (SSSR count). The lowest BCUT2D eigenvalue weighted by atomic mass is 9.94. The zero-order chi connectivity index (χ0) is 12.1. The number of rotatable bonds is 4. The van der Waals surface area contributed by atoms with Crippen molar-refractivity contribution in [1.82, 2.24) is 5.32 Å². The Balaban J connectivity index is 1.69. The molecule has 3 heteroatoms. The molecule has 0 aromatic carbocycles. The molecule has 2 fully saturated rings. The molecular weight excluding hydrogens is 214 g/mol. The van der Waals surface area contributed by atoms with Crippen LogP contribution in [-0.4, -0.2) is 36.5 Å². The summed E-state index contributed by atoms with van der Waals surface area (Å²) in [5, 5.41) is 14.0. The summed E-state index contributed by atoms with van der Waals surface area (Å²) in [6.45, 7) is 4.80. The van der Waals surface area contributed by atoms with E-state index in [1.54, 1.807) is 0 Å². The van der Waals surface area contributed by atoms with Crippen LogP contribution in [0, 0.1) is 5.92 Å². The molecule has 0 amide bonds. The van der Waals surface area contributed by atoms with Crippen LogP contribution in [0.4, 0.5) is 0 Å². The fraction of sp³-hybridized carbons (Fsp3) is 1.00. The van der Waals surface area contributed by atoms with Gasteiger partial charge in [-0.05, 0) is 32.1 Å². The molecule has 0 radical (unpaired) electrons. The van der Waals surface area contributed by atoms with Crippen molar-refractivity contribution in [1.29, 1.82) is 0 Å². The fourth-order valence-corrected chi connectivity index (χ4v) is 3.10. The van der Waals surface area contributed by atoms with Crippen LogP contribution in [0.2, 0.25) is 0 Å². The van der Waals surface area contributed by atoms with Gasteiger partial charge in [0.1, 0.15) is 0 Å². The van der Waals surface area contributed by atoms with Crippen LogP contribution in [-0.2, 0) is 4.74 Å². The van der Waals surface area contributed by atoms with Crippen molar-refractivity contribution in [3.63, 3.8) is 0 Å². The van der Waals surface area contributed by atoms with E-state index in [1.807, 2.05) is 0 Å². The smallest absolute Gasteiger partial charge is 0.0771 e. The molecule has 1 saturated heterocycles. The highest BCUT2D eigenvalue weighted by molar-refractivity contribution is 4.84. The van der Waals surface area contributed by atoms with E-state index in [2.05, 4.69) is 12.2 Å². The fourth-order valence-electron chi connectivity index (χ4n) is 3.10. The van der Waals surface area contributed by atoms with E-state index < -0.39 is 5.60 Å². The van der Waals surface area contributed by atoms with Gasteiger partial charge < -0.3 is 15.2 Å². The van der Waals surface area contributed by atoms with E-state index in [0.717, 1.165) is 39.0 Å². The summed E-state index contributed by atoms with van der Waals surface area (Å²) in [4.78, 5) is 0. The van der Waals surface area contributed by atoms with Crippen molar-refractivity contribution < 1.29 is 9.84 Å². The lowest BCUT2D eigenvalue weighted by Crippen LogP contribution is -2.42. The Kier molecular flexibility index (Phi) is 4.83. The van der Waals surface area contributed by atoms with Crippen LogP contribution in [0.5, 0.6) is 0 Å². The first-order valence-electron chi connectivity index (χ1n) is 7.24. The molecule has 0 bridgehead atoms. The summed E-state index contributed by atoms with van der Waals surface area (Å²) in [5.41, 5.74) is -0.445. The maximum atomic E-state index is 10.5. The van der Waals surface area contributed by atoms with Crippen molar-refractivity contribution >= 4 is 0 Å². The highest BCUT2D eigenvalue weighted by Crippen LogP contribution is 2.26. The van der Waals surface area contributed by atoms with Gasteiger partial charge in [-0.15, -0.1) is 0 Å². The molecule has 2 aliphatic rings. The van der Waals surface area contributed by atoms with Gasteiger partial charge >= 0.3 is 0 Å². The predicted molar refractivity (Wildman–Crippen MR) is 69.0 cm³/mol. The average molecular weight is 241 g/mol. The van der Waals surface area contributed by atoms with Gasteiger partial charge in [-0.2, -0.15) is 0 Å². The van der Waals surface area contributed by atoms with E-state index in [4.69, 9.17) is 4.74 Å². The monoisotopic (exact) mass is 241 g/mol. The van der Waals surface area contributed by atoms with Gasteiger partial charge in [0.05, 0.1) is 11.7 Å². The highest BCUT2D eigenvalue weighted by Gasteiger charge is 2.29. The largest absolute Gasteiger partial charge is 0.389 e. The van der Waals surface area contributed by atoms with Crippen LogP contribution in [0.3, 0.4) is 0 Å². The maximum absolute atomic E-state index is 10.5. The van der Waals surface area contributed by atoms with Gasteiger partial charge in [0.25, 0.3) is 0 Å². The minimum Gasteiger partial charge on any atom is -0.389 e. The van der Waals surface area contributed by atoms with Gasteiger partial charge in [0.15, 0.2) is 0 Å². The molecule has 0 spiro atoms. The molecule has 1 aliphatic heterocycles. The molecule has 1 saturated carbocycles. The van der Waals surface area contributed by atoms with Gasteiger partial charge in [0.2, 0.25) is 0 Å². The molecule has 100 valence electrons. The lowest BCUT2D eigenvalue weighted by molar-refractivity contribution is 0.0234. The highest BCUT2D eigenvalue weighted by atomic mass is 16.5. The Labute approximate surface area is 105 Å². The molecular formula is C14H27NO2. The average Bonchev–Trinajstić information content (AvgIpc) is 2.58. The van der Waals surface area contributed by atoms with E-state index >= 15 is 0 Å².